The number of carbonyl (C=O) groups excluding carboxylic acids is 1. The minimum atomic E-state index is -0.247. The molecule has 104 valence electrons. The van der Waals surface area contributed by atoms with Gasteiger partial charge < -0.3 is 4.74 Å². The van der Waals surface area contributed by atoms with Crippen LogP contribution in [0, 0.1) is 0 Å². The van der Waals surface area contributed by atoms with E-state index in [0.717, 1.165) is 10.4 Å². The lowest BCUT2D eigenvalue weighted by Gasteiger charge is -1.97. The van der Waals surface area contributed by atoms with Gasteiger partial charge in [0.1, 0.15) is 0 Å². The molecule has 2 aromatic heterocycles. The summed E-state index contributed by atoms with van der Waals surface area (Å²) in [5.74, 6) is -0.247. The fourth-order valence-corrected chi connectivity index (χ4v) is 2.15. The quantitative estimate of drug-likeness (QED) is 0.501. The van der Waals surface area contributed by atoms with Gasteiger partial charge in [-0.1, -0.05) is 11.3 Å². The Morgan fingerprint density at radius 3 is 3.05 bits per heavy atom. The first-order valence-electron chi connectivity index (χ1n) is 6.07. The molecule has 2 aromatic rings. The molecule has 6 nitrogen and oxygen atoms in total. The molecule has 0 bridgehead atoms. The van der Waals surface area contributed by atoms with Crippen LogP contribution in [-0.4, -0.2) is 28.8 Å². The number of rotatable bonds is 6. The van der Waals surface area contributed by atoms with Crippen molar-refractivity contribution >= 4 is 28.7 Å². The molecule has 0 saturated heterocycles. The smallest absolute Gasteiger partial charge is 0.311 e. The molecule has 0 aliphatic rings. The summed E-state index contributed by atoms with van der Waals surface area (Å²) in [5, 5.41) is 4.70. The molecule has 0 aromatic carbocycles. The number of thiazole rings is 1. The van der Waals surface area contributed by atoms with Crippen LogP contribution in [0.1, 0.15) is 17.4 Å². The summed E-state index contributed by atoms with van der Waals surface area (Å²) in [6.07, 6.45) is 6.95. The van der Waals surface area contributed by atoms with Gasteiger partial charge in [-0.15, -0.1) is 0 Å². The molecule has 0 unspecified atom stereocenters. The fourth-order valence-electron chi connectivity index (χ4n) is 1.41. The Bertz CT molecular complexity index is 583. The van der Waals surface area contributed by atoms with Crippen LogP contribution in [-0.2, 0) is 16.0 Å². The highest BCUT2D eigenvalue weighted by Gasteiger charge is 2.07. The number of pyridine rings is 1. The minimum absolute atomic E-state index is 0.237. The van der Waals surface area contributed by atoms with E-state index in [-0.39, 0.29) is 12.4 Å². The SMILES string of the molecule is CCOC(=O)Cc1cnc(N/N=C/c2ccncc2)s1. The predicted octanol–water partition coefficient (Wildman–Crippen LogP) is 2.09. The Hall–Kier alpha value is -2.28. The van der Waals surface area contributed by atoms with Gasteiger partial charge in [-0.3, -0.25) is 15.2 Å². The van der Waals surface area contributed by atoms with Gasteiger partial charge in [-0.25, -0.2) is 4.98 Å². The van der Waals surface area contributed by atoms with Gasteiger partial charge in [0.05, 0.1) is 19.2 Å². The highest BCUT2D eigenvalue weighted by molar-refractivity contribution is 7.15. The summed E-state index contributed by atoms with van der Waals surface area (Å²) in [6.45, 7) is 2.17. The summed E-state index contributed by atoms with van der Waals surface area (Å²) >= 11 is 1.37. The van der Waals surface area contributed by atoms with Gasteiger partial charge in [0.15, 0.2) is 0 Å². The molecule has 1 N–H and O–H groups in total. The maximum absolute atomic E-state index is 11.3. The zero-order chi connectivity index (χ0) is 14.2. The van der Waals surface area contributed by atoms with Crippen molar-refractivity contribution in [3.8, 4) is 0 Å². The standard InChI is InChI=1S/C13H14N4O2S/c1-2-19-12(18)7-11-9-15-13(20-11)17-16-8-10-3-5-14-6-4-10/h3-6,8-9H,2,7H2,1H3,(H,15,17)/b16-8+. The van der Waals surface area contributed by atoms with Crippen molar-refractivity contribution in [1.29, 1.82) is 0 Å². The van der Waals surface area contributed by atoms with Gasteiger partial charge in [0.2, 0.25) is 5.13 Å². The van der Waals surface area contributed by atoms with Crippen molar-refractivity contribution in [2.24, 2.45) is 5.10 Å². The number of nitrogens with one attached hydrogen (secondary N) is 1. The molecular weight excluding hydrogens is 276 g/mol. The zero-order valence-corrected chi connectivity index (χ0v) is 11.8. The summed E-state index contributed by atoms with van der Waals surface area (Å²) in [4.78, 5) is 20.2. The molecule has 2 rings (SSSR count). The van der Waals surface area contributed by atoms with Crippen LogP contribution in [0.2, 0.25) is 0 Å². The number of hydrazone groups is 1. The second-order valence-corrected chi connectivity index (χ2v) is 4.88. The Morgan fingerprint density at radius 1 is 1.50 bits per heavy atom. The summed E-state index contributed by atoms with van der Waals surface area (Å²) in [6, 6.07) is 3.69. The normalized spacial score (nSPS) is 10.7. The first-order valence-corrected chi connectivity index (χ1v) is 6.89. The van der Waals surface area contributed by atoms with E-state index in [9.17, 15) is 4.79 Å². The topological polar surface area (TPSA) is 76.5 Å². The predicted molar refractivity (Wildman–Crippen MR) is 77.9 cm³/mol. The molecule has 2 heterocycles. The molecule has 0 amide bonds. The van der Waals surface area contributed by atoms with E-state index in [2.05, 4.69) is 20.5 Å². The third-order valence-corrected chi connectivity index (χ3v) is 3.16. The van der Waals surface area contributed by atoms with E-state index in [0.29, 0.717) is 11.7 Å². The molecule has 0 aliphatic carbocycles. The van der Waals surface area contributed by atoms with Gasteiger partial charge in [-0.05, 0) is 24.6 Å². The van der Waals surface area contributed by atoms with Crippen molar-refractivity contribution in [1.82, 2.24) is 9.97 Å². The highest BCUT2D eigenvalue weighted by atomic mass is 32.1. The second kappa shape index (κ2) is 7.34. The first-order chi connectivity index (χ1) is 9.78. The highest BCUT2D eigenvalue weighted by Crippen LogP contribution is 2.18. The third kappa shape index (κ3) is 4.43. The van der Waals surface area contributed by atoms with Crippen LogP contribution in [0.15, 0.2) is 35.8 Å². The lowest BCUT2D eigenvalue weighted by molar-refractivity contribution is -0.142. The van der Waals surface area contributed by atoms with Crippen molar-refractivity contribution in [2.75, 3.05) is 12.0 Å². The van der Waals surface area contributed by atoms with E-state index in [1.54, 1.807) is 31.7 Å². The Morgan fingerprint density at radius 2 is 2.30 bits per heavy atom. The average molecular weight is 290 g/mol. The number of nitrogens with zero attached hydrogens (tertiary/aromatic N) is 3. The van der Waals surface area contributed by atoms with Crippen molar-refractivity contribution in [2.45, 2.75) is 13.3 Å². The van der Waals surface area contributed by atoms with E-state index < -0.39 is 0 Å². The number of anilines is 1. The van der Waals surface area contributed by atoms with Crippen LogP contribution in [0.5, 0.6) is 0 Å². The van der Waals surface area contributed by atoms with E-state index >= 15 is 0 Å². The lowest BCUT2D eigenvalue weighted by atomic mass is 10.3. The maximum atomic E-state index is 11.3. The number of hydrogen-bond donors (Lipinski definition) is 1. The molecule has 0 aliphatic heterocycles. The number of hydrogen-bond acceptors (Lipinski definition) is 7. The Balaban J connectivity index is 1.87. The maximum Gasteiger partial charge on any atom is 0.311 e. The van der Waals surface area contributed by atoms with Crippen molar-refractivity contribution in [3.63, 3.8) is 0 Å². The van der Waals surface area contributed by atoms with Crippen molar-refractivity contribution in [3.05, 3.63) is 41.2 Å². The molecule has 20 heavy (non-hydrogen) atoms. The average Bonchev–Trinajstić information content (AvgIpc) is 2.88. The van der Waals surface area contributed by atoms with Crippen LogP contribution in [0.4, 0.5) is 5.13 Å². The van der Waals surface area contributed by atoms with Gasteiger partial charge in [0.25, 0.3) is 0 Å². The molecule has 0 spiro atoms. The second-order valence-electron chi connectivity index (χ2n) is 3.76. The zero-order valence-electron chi connectivity index (χ0n) is 10.9. The van der Waals surface area contributed by atoms with Crippen molar-refractivity contribution < 1.29 is 9.53 Å². The summed E-state index contributed by atoms with van der Waals surface area (Å²) in [7, 11) is 0. The first kappa shape index (κ1) is 14.1. The summed E-state index contributed by atoms with van der Waals surface area (Å²) < 4.78 is 4.88. The van der Waals surface area contributed by atoms with E-state index in [1.807, 2.05) is 12.1 Å². The fraction of sp³-hybridized carbons (Fsp3) is 0.231. The molecule has 0 radical (unpaired) electrons. The Kier molecular flexibility index (Phi) is 5.19. The molecule has 0 fully saturated rings. The summed E-state index contributed by atoms with van der Waals surface area (Å²) in [5.41, 5.74) is 3.76. The van der Waals surface area contributed by atoms with Gasteiger partial charge in [-0.2, -0.15) is 5.10 Å². The largest absolute Gasteiger partial charge is 0.466 e. The molecule has 7 heteroatoms. The van der Waals surface area contributed by atoms with Crippen LogP contribution in [0.25, 0.3) is 0 Å². The van der Waals surface area contributed by atoms with Gasteiger partial charge >= 0.3 is 5.97 Å². The molecule has 0 saturated carbocycles. The monoisotopic (exact) mass is 290 g/mol. The van der Waals surface area contributed by atoms with Crippen LogP contribution < -0.4 is 5.43 Å². The number of ether oxygens (including phenoxy) is 1. The number of esters is 1. The van der Waals surface area contributed by atoms with E-state index in [1.165, 1.54) is 11.3 Å². The van der Waals surface area contributed by atoms with Crippen LogP contribution in [0.3, 0.4) is 0 Å². The number of carbonyl (C=O) groups is 1. The lowest BCUT2D eigenvalue weighted by Crippen LogP contribution is -2.06. The van der Waals surface area contributed by atoms with Gasteiger partial charge in [0, 0.05) is 23.5 Å². The van der Waals surface area contributed by atoms with Crippen LogP contribution >= 0.6 is 11.3 Å². The minimum Gasteiger partial charge on any atom is -0.466 e. The van der Waals surface area contributed by atoms with E-state index in [4.69, 9.17) is 4.74 Å². The molecular formula is C13H14N4O2S. The Labute approximate surface area is 120 Å². The number of aromatic nitrogens is 2. The molecule has 0 atom stereocenters. The third-order valence-electron chi connectivity index (χ3n) is 2.26.